The van der Waals surface area contributed by atoms with Crippen LogP contribution >= 0.6 is 28.3 Å². The number of rotatable bonds is 0. The molecule has 8 heteroatoms. The van der Waals surface area contributed by atoms with E-state index >= 15 is 0 Å². The lowest BCUT2D eigenvalue weighted by Crippen LogP contribution is -2.07. The Labute approximate surface area is 86.6 Å². The first kappa shape index (κ1) is 12.6. The van der Waals surface area contributed by atoms with Gasteiger partial charge in [0.1, 0.15) is 5.82 Å². The Hall–Kier alpha value is -0.430. The van der Waals surface area contributed by atoms with E-state index in [-0.39, 0.29) is 22.7 Å². The smallest absolute Gasteiger partial charge is 0.383 e. The highest BCUT2D eigenvalue weighted by Gasteiger charge is 2.37. The van der Waals surface area contributed by atoms with Crippen LogP contribution in [0.3, 0.4) is 0 Å². The van der Waals surface area contributed by atoms with Gasteiger partial charge in [-0.3, -0.25) is 4.68 Å². The second kappa shape index (κ2) is 3.75. The summed E-state index contributed by atoms with van der Waals surface area (Å²) in [6.07, 6.45) is -4.46. The van der Waals surface area contributed by atoms with Gasteiger partial charge in [-0.05, 0) is 15.9 Å². The third-order valence-corrected chi connectivity index (χ3v) is 2.08. The van der Waals surface area contributed by atoms with Gasteiger partial charge in [0.05, 0.1) is 4.47 Å². The standard InChI is InChI=1S/C5H5BrF3N3.ClH/c1-12-4(10)2(6)3(11-12)5(7,8)9;/h10H2,1H3;1H. The quantitative estimate of drug-likeness (QED) is 0.792. The van der Waals surface area contributed by atoms with Crippen molar-refractivity contribution in [3.05, 3.63) is 10.2 Å². The molecule has 0 radical (unpaired) electrons. The Morgan fingerprint density at radius 1 is 1.46 bits per heavy atom. The molecular formula is C5H6BrClF3N3. The molecule has 1 aromatic rings. The van der Waals surface area contributed by atoms with E-state index in [1.54, 1.807) is 0 Å². The summed E-state index contributed by atoms with van der Waals surface area (Å²) in [7, 11) is 1.34. The predicted molar refractivity (Wildman–Crippen MR) is 47.6 cm³/mol. The normalized spacial score (nSPS) is 11.2. The van der Waals surface area contributed by atoms with Gasteiger partial charge in [0, 0.05) is 7.05 Å². The summed E-state index contributed by atoms with van der Waals surface area (Å²) in [5, 5.41) is 3.20. The van der Waals surface area contributed by atoms with Crippen molar-refractivity contribution in [2.45, 2.75) is 6.18 Å². The molecule has 0 spiro atoms. The average molecular weight is 280 g/mol. The lowest BCUT2D eigenvalue weighted by Gasteiger charge is -2.00. The highest BCUT2D eigenvalue weighted by molar-refractivity contribution is 9.10. The van der Waals surface area contributed by atoms with Crippen molar-refractivity contribution in [2.75, 3.05) is 5.73 Å². The number of aromatic nitrogens is 2. The predicted octanol–water partition coefficient (Wildman–Crippen LogP) is 2.21. The van der Waals surface area contributed by atoms with Crippen LogP contribution in [0, 0.1) is 0 Å². The number of hydrogen-bond acceptors (Lipinski definition) is 2. The molecular weight excluding hydrogens is 274 g/mol. The zero-order chi connectivity index (χ0) is 9.52. The Balaban J connectivity index is 0.00000144. The van der Waals surface area contributed by atoms with E-state index in [1.165, 1.54) is 7.05 Å². The monoisotopic (exact) mass is 279 g/mol. The minimum atomic E-state index is -4.46. The van der Waals surface area contributed by atoms with Crippen molar-refractivity contribution >= 4 is 34.2 Å². The molecule has 0 aliphatic rings. The third-order valence-electron chi connectivity index (χ3n) is 1.30. The maximum Gasteiger partial charge on any atom is 0.436 e. The second-order valence-electron chi connectivity index (χ2n) is 2.17. The first-order valence-corrected chi connectivity index (χ1v) is 3.68. The fourth-order valence-electron chi connectivity index (χ4n) is 0.692. The Kier molecular flexibility index (Phi) is 3.62. The SMILES string of the molecule is Cl.Cn1nc(C(F)(F)F)c(Br)c1N. The van der Waals surface area contributed by atoms with E-state index in [0.717, 1.165) is 4.68 Å². The molecule has 76 valence electrons. The van der Waals surface area contributed by atoms with Crippen molar-refractivity contribution in [3.8, 4) is 0 Å². The van der Waals surface area contributed by atoms with Gasteiger partial charge in [0.15, 0.2) is 5.69 Å². The third kappa shape index (κ3) is 2.28. The van der Waals surface area contributed by atoms with Gasteiger partial charge in [-0.2, -0.15) is 18.3 Å². The first-order valence-electron chi connectivity index (χ1n) is 2.89. The van der Waals surface area contributed by atoms with Gasteiger partial charge < -0.3 is 5.73 Å². The van der Waals surface area contributed by atoms with E-state index < -0.39 is 11.9 Å². The summed E-state index contributed by atoms with van der Waals surface area (Å²) in [6, 6.07) is 0. The van der Waals surface area contributed by atoms with E-state index in [1.807, 2.05) is 0 Å². The maximum atomic E-state index is 12.1. The van der Waals surface area contributed by atoms with Crippen LogP contribution in [0.4, 0.5) is 19.0 Å². The van der Waals surface area contributed by atoms with Crippen molar-refractivity contribution in [1.29, 1.82) is 0 Å². The summed E-state index contributed by atoms with van der Waals surface area (Å²) in [5.41, 5.74) is 4.26. The van der Waals surface area contributed by atoms with E-state index in [2.05, 4.69) is 21.0 Å². The molecule has 0 aliphatic heterocycles. The molecule has 0 bridgehead atoms. The van der Waals surface area contributed by atoms with Crippen LogP contribution in [0.5, 0.6) is 0 Å². The minimum Gasteiger partial charge on any atom is -0.383 e. The topological polar surface area (TPSA) is 43.8 Å². The van der Waals surface area contributed by atoms with E-state index in [4.69, 9.17) is 5.73 Å². The summed E-state index contributed by atoms with van der Waals surface area (Å²) < 4.78 is 37.0. The van der Waals surface area contributed by atoms with Gasteiger partial charge in [-0.1, -0.05) is 0 Å². The second-order valence-corrected chi connectivity index (χ2v) is 2.96. The van der Waals surface area contributed by atoms with Crippen molar-refractivity contribution < 1.29 is 13.2 Å². The highest BCUT2D eigenvalue weighted by Crippen LogP contribution is 2.36. The lowest BCUT2D eigenvalue weighted by atomic mass is 10.4. The van der Waals surface area contributed by atoms with Crippen LogP contribution in [0.1, 0.15) is 5.69 Å². The van der Waals surface area contributed by atoms with Gasteiger partial charge in [-0.15, -0.1) is 12.4 Å². The van der Waals surface area contributed by atoms with Crippen LogP contribution in [0.25, 0.3) is 0 Å². The van der Waals surface area contributed by atoms with Crippen LogP contribution in [0.15, 0.2) is 4.47 Å². The minimum absolute atomic E-state index is 0. The fourth-order valence-corrected chi connectivity index (χ4v) is 1.25. The fraction of sp³-hybridized carbons (Fsp3) is 0.400. The highest BCUT2D eigenvalue weighted by atomic mass is 79.9. The molecule has 0 atom stereocenters. The summed E-state index contributed by atoms with van der Waals surface area (Å²) >= 11 is 2.71. The van der Waals surface area contributed by atoms with Gasteiger partial charge in [0.2, 0.25) is 0 Å². The number of hydrogen-bond donors (Lipinski definition) is 1. The van der Waals surface area contributed by atoms with Gasteiger partial charge in [0.25, 0.3) is 0 Å². The number of alkyl halides is 3. The molecule has 0 aliphatic carbocycles. The molecule has 0 saturated heterocycles. The number of nitrogen functional groups attached to an aromatic ring is 1. The van der Waals surface area contributed by atoms with Crippen LogP contribution < -0.4 is 5.73 Å². The number of halogens is 5. The van der Waals surface area contributed by atoms with Crippen molar-refractivity contribution in [1.82, 2.24) is 9.78 Å². The molecule has 1 rings (SSSR count). The molecule has 13 heavy (non-hydrogen) atoms. The van der Waals surface area contributed by atoms with E-state index in [9.17, 15) is 13.2 Å². The summed E-state index contributed by atoms with van der Waals surface area (Å²) in [6.45, 7) is 0. The molecule has 0 fully saturated rings. The molecule has 1 heterocycles. The average Bonchev–Trinajstić information content (AvgIpc) is 2.15. The Bertz CT molecular complexity index is 309. The molecule has 0 aromatic carbocycles. The molecule has 0 saturated carbocycles. The van der Waals surface area contributed by atoms with Crippen LogP contribution in [-0.2, 0) is 13.2 Å². The number of nitrogens with two attached hydrogens (primary N) is 1. The van der Waals surface area contributed by atoms with Crippen molar-refractivity contribution in [2.24, 2.45) is 7.05 Å². The summed E-state index contributed by atoms with van der Waals surface area (Å²) in [4.78, 5) is 0. The lowest BCUT2D eigenvalue weighted by molar-refractivity contribution is -0.142. The Morgan fingerprint density at radius 3 is 2.08 bits per heavy atom. The number of aryl methyl sites for hydroxylation is 1. The summed E-state index contributed by atoms with van der Waals surface area (Å²) in [5.74, 6) is -0.0395. The Morgan fingerprint density at radius 2 is 1.92 bits per heavy atom. The first-order chi connectivity index (χ1) is 5.34. The van der Waals surface area contributed by atoms with Gasteiger partial charge >= 0.3 is 6.18 Å². The number of nitrogens with zero attached hydrogens (tertiary/aromatic N) is 2. The largest absolute Gasteiger partial charge is 0.436 e. The molecule has 0 amide bonds. The van der Waals surface area contributed by atoms with Crippen LogP contribution in [-0.4, -0.2) is 9.78 Å². The number of anilines is 1. The van der Waals surface area contributed by atoms with Gasteiger partial charge in [-0.25, -0.2) is 0 Å². The van der Waals surface area contributed by atoms with Crippen molar-refractivity contribution in [3.63, 3.8) is 0 Å². The zero-order valence-corrected chi connectivity index (χ0v) is 8.79. The molecule has 2 N–H and O–H groups in total. The van der Waals surface area contributed by atoms with E-state index in [0.29, 0.717) is 0 Å². The van der Waals surface area contributed by atoms with Crippen LogP contribution in [0.2, 0.25) is 0 Å². The maximum absolute atomic E-state index is 12.1. The zero-order valence-electron chi connectivity index (χ0n) is 6.39. The molecule has 0 unspecified atom stereocenters. The molecule has 1 aromatic heterocycles. The molecule has 3 nitrogen and oxygen atoms in total.